The van der Waals surface area contributed by atoms with E-state index in [-0.39, 0.29) is 16.9 Å². The first-order valence-corrected chi connectivity index (χ1v) is 6.85. The van der Waals surface area contributed by atoms with Crippen LogP contribution in [0.3, 0.4) is 0 Å². The van der Waals surface area contributed by atoms with Gasteiger partial charge in [-0.05, 0) is 48.9 Å². The third-order valence-electron chi connectivity index (χ3n) is 2.55. The summed E-state index contributed by atoms with van der Waals surface area (Å²) in [6.07, 6.45) is 0. The molecule has 0 spiro atoms. The highest BCUT2D eigenvalue weighted by Gasteiger charge is 2.05. The number of ketones is 1. The van der Waals surface area contributed by atoms with Crippen molar-refractivity contribution in [1.82, 2.24) is 0 Å². The number of ether oxygens (including phenoxy) is 1. The molecular weight excluding hydrogens is 311 g/mol. The molecule has 0 saturated heterocycles. The molecular formula is C15H12BrFO2. The molecule has 0 radical (unpaired) electrons. The van der Waals surface area contributed by atoms with E-state index in [2.05, 4.69) is 15.9 Å². The SMILES string of the molecule is Cc1cc(F)cc(Oc2ccc(C(=O)CBr)cc2)c1. The molecule has 0 aliphatic heterocycles. The lowest BCUT2D eigenvalue weighted by atomic mass is 10.1. The van der Waals surface area contributed by atoms with Crippen LogP contribution in [0.15, 0.2) is 42.5 Å². The van der Waals surface area contributed by atoms with Crippen LogP contribution in [0.5, 0.6) is 11.5 Å². The molecule has 0 atom stereocenters. The Bertz CT molecular complexity index is 573. The quantitative estimate of drug-likeness (QED) is 0.611. The Balaban J connectivity index is 2.17. The van der Waals surface area contributed by atoms with Crippen molar-refractivity contribution in [1.29, 1.82) is 0 Å². The van der Waals surface area contributed by atoms with E-state index in [1.165, 1.54) is 12.1 Å². The Morgan fingerprint density at radius 3 is 2.42 bits per heavy atom. The topological polar surface area (TPSA) is 26.3 Å². The van der Waals surface area contributed by atoms with Crippen molar-refractivity contribution in [3.63, 3.8) is 0 Å². The summed E-state index contributed by atoms with van der Waals surface area (Å²) in [5.74, 6) is 0.683. The van der Waals surface area contributed by atoms with E-state index in [1.54, 1.807) is 37.3 Å². The van der Waals surface area contributed by atoms with Gasteiger partial charge in [-0.3, -0.25) is 4.79 Å². The molecule has 0 fully saturated rings. The minimum Gasteiger partial charge on any atom is -0.457 e. The molecule has 2 nitrogen and oxygen atoms in total. The summed E-state index contributed by atoms with van der Waals surface area (Å²) in [7, 11) is 0. The molecule has 4 heteroatoms. The van der Waals surface area contributed by atoms with E-state index < -0.39 is 0 Å². The lowest BCUT2D eigenvalue weighted by Crippen LogP contribution is -1.99. The first kappa shape index (κ1) is 13.7. The van der Waals surface area contributed by atoms with Gasteiger partial charge in [0.15, 0.2) is 5.78 Å². The Morgan fingerprint density at radius 2 is 1.84 bits per heavy atom. The van der Waals surface area contributed by atoms with Gasteiger partial charge in [-0.1, -0.05) is 15.9 Å². The van der Waals surface area contributed by atoms with Gasteiger partial charge in [0.25, 0.3) is 0 Å². The van der Waals surface area contributed by atoms with Gasteiger partial charge in [-0.25, -0.2) is 4.39 Å². The van der Waals surface area contributed by atoms with Crippen molar-refractivity contribution in [3.8, 4) is 11.5 Å². The van der Waals surface area contributed by atoms with Crippen molar-refractivity contribution in [2.75, 3.05) is 5.33 Å². The van der Waals surface area contributed by atoms with Gasteiger partial charge >= 0.3 is 0 Å². The zero-order valence-electron chi connectivity index (χ0n) is 10.3. The summed E-state index contributed by atoms with van der Waals surface area (Å²) in [6.45, 7) is 1.80. The maximum atomic E-state index is 13.2. The fourth-order valence-corrected chi connectivity index (χ4v) is 2.01. The number of alkyl halides is 1. The van der Waals surface area contributed by atoms with Crippen molar-refractivity contribution in [2.45, 2.75) is 6.92 Å². The largest absolute Gasteiger partial charge is 0.457 e. The first-order valence-electron chi connectivity index (χ1n) is 5.73. The second kappa shape index (κ2) is 5.97. The lowest BCUT2D eigenvalue weighted by molar-refractivity contribution is 0.102. The van der Waals surface area contributed by atoms with Crippen LogP contribution in [0.1, 0.15) is 15.9 Å². The van der Waals surface area contributed by atoms with Crippen LogP contribution in [-0.2, 0) is 0 Å². The molecule has 19 heavy (non-hydrogen) atoms. The van der Waals surface area contributed by atoms with Crippen molar-refractivity contribution in [3.05, 3.63) is 59.4 Å². The smallest absolute Gasteiger partial charge is 0.173 e. The van der Waals surface area contributed by atoms with Gasteiger partial charge in [0.05, 0.1) is 5.33 Å². The lowest BCUT2D eigenvalue weighted by Gasteiger charge is -2.07. The zero-order chi connectivity index (χ0) is 13.8. The molecule has 0 aliphatic rings. The van der Waals surface area contributed by atoms with Crippen LogP contribution in [0.25, 0.3) is 0 Å². The second-order valence-corrected chi connectivity index (χ2v) is 4.71. The number of rotatable bonds is 4. The number of aryl methyl sites for hydroxylation is 1. The average Bonchev–Trinajstić information content (AvgIpc) is 2.37. The van der Waals surface area contributed by atoms with Crippen LogP contribution in [0.4, 0.5) is 4.39 Å². The molecule has 0 bridgehead atoms. The number of Topliss-reactive ketones (excluding diaryl/α,β-unsaturated/α-hetero) is 1. The molecule has 2 rings (SSSR count). The molecule has 2 aromatic rings. The van der Waals surface area contributed by atoms with Gasteiger partial charge in [0, 0.05) is 11.6 Å². The van der Waals surface area contributed by atoms with Gasteiger partial charge < -0.3 is 4.74 Å². The molecule has 0 heterocycles. The summed E-state index contributed by atoms with van der Waals surface area (Å²) >= 11 is 3.12. The number of halogens is 2. The summed E-state index contributed by atoms with van der Waals surface area (Å²) in [5.41, 5.74) is 1.40. The fraction of sp³-hybridized carbons (Fsp3) is 0.133. The summed E-state index contributed by atoms with van der Waals surface area (Å²) in [4.78, 5) is 11.4. The Hall–Kier alpha value is -1.68. The average molecular weight is 323 g/mol. The molecule has 0 unspecified atom stereocenters. The van der Waals surface area contributed by atoms with Gasteiger partial charge in [-0.2, -0.15) is 0 Å². The minimum absolute atomic E-state index is 0.00755. The molecule has 0 aliphatic carbocycles. The third-order valence-corrected chi connectivity index (χ3v) is 3.06. The molecule has 98 valence electrons. The normalized spacial score (nSPS) is 10.3. The molecule has 0 saturated carbocycles. The highest BCUT2D eigenvalue weighted by atomic mass is 79.9. The van der Waals surface area contributed by atoms with Crippen molar-refractivity contribution >= 4 is 21.7 Å². The molecule has 0 amide bonds. The van der Waals surface area contributed by atoms with Crippen LogP contribution in [-0.4, -0.2) is 11.1 Å². The number of hydrogen-bond donors (Lipinski definition) is 0. The summed E-state index contributed by atoms with van der Waals surface area (Å²) in [5, 5.41) is 0.288. The van der Waals surface area contributed by atoms with Crippen molar-refractivity contribution in [2.24, 2.45) is 0 Å². The monoisotopic (exact) mass is 322 g/mol. The number of carbonyl (C=O) groups excluding carboxylic acids is 1. The Morgan fingerprint density at radius 1 is 1.16 bits per heavy atom. The van der Waals surface area contributed by atoms with E-state index in [1.807, 2.05) is 0 Å². The molecule has 0 aromatic heterocycles. The maximum Gasteiger partial charge on any atom is 0.173 e. The van der Waals surface area contributed by atoms with Gasteiger partial charge in [-0.15, -0.1) is 0 Å². The fourth-order valence-electron chi connectivity index (χ4n) is 1.68. The van der Waals surface area contributed by atoms with E-state index in [0.717, 1.165) is 5.56 Å². The summed E-state index contributed by atoms with van der Waals surface area (Å²) in [6, 6.07) is 11.3. The van der Waals surface area contributed by atoms with Crippen LogP contribution < -0.4 is 4.74 Å². The van der Waals surface area contributed by atoms with E-state index in [0.29, 0.717) is 17.1 Å². The molecule has 0 N–H and O–H groups in total. The highest BCUT2D eigenvalue weighted by Crippen LogP contribution is 2.23. The standard InChI is InChI=1S/C15H12BrFO2/c1-10-6-12(17)8-14(7-10)19-13-4-2-11(3-5-13)15(18)9-16/h2-8H,9H2,1H3. The van der Waals surface area contributed by atoms with E-state index in [9.17, 15) is 9.18 Å². The van der Waals surface area contributed by atoms with Crippen LogP contribution in [0.2, 0.25) is 0 Å². The highest BCUT2D eigenvalue weighted by molar-refractivity contribution is 9.09. The Labute approximate surface area is 119 Å². The number of carbonyl (C=O) groups is 1. The number of benzene rings is 2. The van der Waals surface area contributed by atoms with E-state index in [4.69, 9.17) is 4.74 Å². The van der Waals surface area contributed by atoms with Gasteiger partial charge in [0.2, 0.25) is 0 Å². The van der Waals surface area contributed by atoms with Gasteiger partial charge in [0.1, 0.15) is 17.3 Å². The minimum atomic E-state index is -0.332. The van der Waals surface area contributed by atoms with Crippen LogP contribution in [0, 0.1) is 12.7 Å². The third kappa shape index (κ3) is 3.64. The van der Waals surface area contributed by atoms with Crippen molar-refractivity contribution < 1.29 is 13.9 Å². The first-order chi connectivity index (χ1) is 9.08. The zero-order valence-corrected chi connectivity index (χ0v) is 11.9. The second-order valence-electron chi connectivity index (χ2n) is 4.15. The predicted molar refractivity (Wildman–Crippen MR) is 75.8 cm³/mol. The van der Waals surface area contributed by atoms with Crippen LogP contribution >= 0.6 is 15.9 Å². The molecule has 2 aromatic carbocycles. The predicted octanol–water partition coefficient (Wildman–Crippen LogP) is 4.50. The maximum absolute atomic E-state index is 13.2. The summed E-state index contributed by atoms with van der Waals surface area (Å²) < 4.78 is 18.8. The number of hydrogen-bond acceptors (Lipinski definition) is 2. The van der Waals surface area contributed by atoms with E-state index >= 15 is 0 Å². The Kier molecular flexibility index (Phi) is 4.32.